The van der Waals surface area contributed by atoms with Crippen LogP contribution in [0, 0.1) is 0 Å². The summed E-state index contributed by atoms with van der Waals surface area (Å²) in [6, 6.07) is -1.26. The molecule has 1 aliphatic heterocycles. The van der Waals surface area contributed by atoms with Gasteiger partial charge < -0.3 is 21.3 Å². The van der Waals surface area contributed by atoms with E-state index in [4.69, 9.17) is 15.9 Å². The van der Waals surface area contributed by atoms with Crippen LogP contribution in [-0.4, -0.2) is 40.3 Å². The van der Waals surface area contributed by atoms with E-state index in [1.54, 1.807) is 0 Å². The van der Waals surface area contributed by atoms with Gasteiger partial charge >= 0.3 is 11.9 Å². The fourth-order valence-electron chi connectivity index (χ4n) is 1.75. The first kappa shape index (κ1) is 11.9. The van der Waals surface area contributed by atoms with Gasteiger partial charge in [0.2, 0.25) is 0 Å². The number of hydrogen-bond acceptors (Lipinski definition) is 4. The van der Waals surface area contributed by atoms with Crippen molar-refractivity contribution in [3.05, 3.63) is 0 Å². The van der Waals surface area contributed by atoms with Crippen LogP contribution < -0.4 is 11.1 Å². The number of rotatable bonds is 5. The van der Waals surface area contributed by atoms with Crippen molar-refractivity contribution in [3.8, 4) is 0 Å². The zero-order chi connectivity index (χ0) is 11.4. The molecule has 0 aromatic rings. The molecule has 0 aromatic heterocycles. The highest BCUT2D eigenvalue weighted by Crippen LogP contribution is 2.17. The highest BCUT2D eigenvalue weighted by Gasteiger charge is 2.29. The number of nitrogens with two attached hydrogens (primary N) is 1. The summed E-state index contributed by atoms with van der Waals surface area (Å²) >= 11 is 0. The van der Waals surface area contributed by atoms with Gasteiger partial charge in [0.25, 0.3) is 0 Å². The summed E-state index contributed by atoms with van der Waals surface area (Å²) in [6.07, 6.45) is 2.35. The molecular weight excluding hydrogens is 200 g/mol. The van der Waals surface area contributed by atoms with E-state index in [0.29, 0.717) is 19.3 Å². The van der Waals surface area contributed by atoms with E-state index in [9.17, 15) is 9.59 Å². The Kier molecular flexibility index (Phi) is 4.05. The van der Waals surface area contributed by atoms with Crippen LogP contribution in [0.3, 0.4) is 0 Å². The van der Waals surface area contributed by atoms with Crippen LogP contribution in [0.15, 0.2) is 0 Å². The maximum Gasteiger partial charge on any atom is 0.320 e. The van der Waals surface area contributed by atoms with Gasteiger partial charge in [-0.05, 0) is 25.7 Å². The molecule has 1 fully saturated rings. The second kappa shape index (κ2) is 5.09. The molecule has 0 spiro atoms. The monoisotopic (exact) mass is 216 g/mol. The Labute approximate surface area is 87.5 Å². The molecule has 15 heavy (non-hydrogen) atoms. The van der Waals surface area contributed by atoms with Gasteiger partial charge in [-0.25, -0.2) is 0 Å². The molecule has 1 unspecified atom stereocenters. The molecule has 6 heteroatoms. The van der Waals surface area contributed by atoms with Crippen molar-refractivity contribution >= 4 is 11.9 Å². The molecule has 5 N–H and O–H groups in total. The summed E-state index contributed by atoms with van der Waals surface area (Å²) in [7, 11) is 0. The van der Waals surface area contributed by atoms with Crippen molar-refractivity contribution in [2.45, 2.75) is 43.8 Å². The summed E-state index contributed by atoms with van der Waals surface area (Å²) in [5.41, 5.74) is 5.35. The van der Waals surface area contributed by atoms with E-state index < -0.39 is 24.0 Å². The van der Waals surface area contributed by atoms with Crippen LogP contribution in [0.1, 0.15) is 25.7 Å². The van der Waals surface area contributed by atoms with Gasteiger partial charge in [0, 0.05) is 6.04 Å². The normalized spacial score (nSPS) is 27.5. The van der Waals surface area contributed by atoms with E-state index in [1.165, 1.54) is 0 Å². The Morgan fingerprint density at radius 1 is 1.40 bits per heavy atom. The van der Waals surface area contributed by atoms with Crippen molar-refractivity contribution in [3.63, 3.8) is 0 Å². The fourth-order valence-corrected chi connectivity index (χ4v) is 1.75. The molecule has 0 amide bonds. The maximum absolute atomic E-state index is 10.6. The Morgan fingerprint density at radius 3 is 2.53 bits per heavy atom. The molecule has 6 nitrogen and oxygen atoms in total. The molecule has 0 aliphatic carbocycles. The summed E-state index contributed by atoms with van der Waals surface area (Å²) in [4.78, 5) is 21.0. The average molecular weight is 216 g/mol. The maximum atomic E-state index is 10.6. The van der Waals surface area contributed by atoms with Crippen molar-refractivity contribution in [1.29, 1.82) is 0 Å². The third kappa shape index (κ3) is 3.49. The third-order valence-corrected chi connectivity index (χ3v) is 2.68. The third-order valence-electron chi connectivity index (χ3n) is 2.68. The average Bonchev–Trinajstić information content (AvgIpc) is 2.62. The van der Waals surface area contributed by atoms with Gasteiger partial charge in [-0.3, -0.25) is 9.59 Å². The molecule has 1 aliphatic rings. The molecule has 3 atom stereocenters. The largest absolute Gasteiger partial charge is 0.480 e. The first-order valence-corrected chi connectivity index (χ1v) is 4.98. The van der Waals surface area contributed by atoms with E-state index in [1.807, 2.05) is 0 Å². The summed E-state index contributed by atoms with van der Waals surface area (Å²) in [5, 5.41) is 20.2. The lowest BCUT2D eigenvalue weighted by atomic mass is 10.1. The molecule has 1 saturated heterocycles. The lowest BCUT2D eigenvalue weighted by Gasteiger charge is -2.13. The lowest BCUT2D eigenvalue weighted by Crippen LogP contribution is -2.37. The summed E-state index contributed by atoms with van der Waals surface area (Å²) < 4.78 is 0. The first-order chi connectivity index (χ1) is 7.00. The lowest BCUT2D eigenvalue weighted by molar-refractivity contribution is -0.140. The summed E-state index contributed by atoms with van der Waals surface area (Å²) in [6.45, 7) is 0. The molecular formula is C9H16N2O4. The molecule has 1 heterocycles. The molecule has 86 valence electrons. The Bertz CT molecular complexity index is 256. The minimum Gasteiger partial charge on any atom is -0.480 e. The predicted octanol–water partition coefficient (Wildman–Crippen LogP) is -0.616. The molecule has 0 aromatic carbocycles. The Balaban J connectivity index is 2.25. The van der Waals surface area contributed by atoms with Gasteiger partial charge in [-0.15, -0.1) is 0 Å². The second-order valence-electron chi connectivity index (χ2n) is 3.85. The van der Waals surface area contributed by atoms with Crippen LogP contribution in [-0.2, 0) is 9.59 Å². The number of nitrogens with one attached hydrogen (secondary N) is 1. The highest BCUT2D eigenvalue weighted by molar-refractivity contribution is 5.74. The predicted molar refractivity (Wildman–Crippen MR) is 52.4 cm³/mol. The van der Waals surface area contributed by atoms with E-state index in [0.717, 1.165) is 6.42 Å². The Hall–Kier alpha value is -1.14. The molecule has 1 rings (SSSR count). The number of carbonyl (C=O) groups is 2. The summed E-state index contributed by atoms with van der Waals surface area (Å²) in [5.74, 6) is -1.86. The van der Waals surface area contributed by atoms with Crippen molar-refractivity contribution in [2.75, 3.05) is 0 Å². The zero-order valence-electron chi connectivity index (χ0n) is 8.35. The van der Waals surface area contributed by atoms with Gasteiger partial charge in [0.05, 0.1) is 0 Å². The van der Waals surface area contributed by atoms with Crippen molar-refractivity contribution < 1.29 is 19.8 Å². The van der Waals surface area contributed by atoms with Crippen molar-refractivity contribution in [1.82, 2.24) is 5.32 Å². The van der Waals surface area contributed by atoms with Crippen LogP contribution >= 0.6 is 0 Å². The molecule has 0 radical (unpaired) electrons. The SMILES string of the molecule is N[C@@H](CCC1CC[C@@H](C(=O)O)N1)C(=O)O. The second-order valence-corrected chi connectivity index (χ2v) is 3.85. The fraction of sp³-hybridized carbons (Fsp3) is 0.778. The zero-order valence-corrected chi connectivity index (χ0v) is 8.35. The van der Waals surface area contributed by atoms with Gasteiger partial charge in [0.15, 0.2) is 0 Å². The number of carboxylic acid groups (broad SMARTS) is 2. The van der Waals surface area contributed by atoms with E-state index in [-0.39, 0.29) is 6.04 Å². The Morgan fingerprint density at radius 2 is 2.07 bits per heavy atom. The molecule has 0 bridgehead atoms. The van der Waals surface area contributed by atoms with Gasteiger partial charge in [0.1, 0.15) is 12.1 Å². The number of carboxylic acids is 2. The topological polar surface area (TPSA) is 113 Å². The van der Waals surface area contributed by atoms with Crippen molar-refractivity contribution in [2.24, 2.45) is 5.73 Å². The van der Waals surface area contributed by atoms with Gasteiger partial charge in [-0.2, -0.15) is 0 Å². The van der Waals surface area contributed by atoms with Crippen LogP contribution in [0.25, 0.3) is 0 Å². The van der Waals surface area contributed by atoms with Crippen LogP contribution in [0.4, 0.5) is 0 Å². The highest BCUT2D eigenvalue weighted by atomic mass is 16.4. The van der Waals surface area contributed by atoms with Crippen LogP contribution in [0.5, 0.6) is 0 Å². The van der Waals surface area contributed by atoms with Gasteiger partial charge in [-0.1, -0.05) is 0 Å². The quantitative estimate of drug-likeness (QED) is 0.487. The minimum atomic E-state index is -1.01. The smallest absolute Gasteiger partial charge is 0.320 e. The molecule has 0 saturated carbocycles. The minimum absolute atomic E-state index is 0.0801. The standard InChI is InChI=1S/C9H16N2O4/c10-6(8(12)13)3-1-5-2-4-7(11-5)9(14)15/h5-7,11H,1-4,10H2,(H,12,13)(H,14,15)/t5?,6-,7-/m0/s1. The number of hydrogen-bond donors (Lipinski definition) is 4. The number of aliphatic carboxylic acids is 2. The van der Waals surface area contributed by atoms with Crippen LogP contribution in [0.2, 0.25) is 0 Å². The van der Waals surface area contributed by atoms with E-state index in [2.05, 4.69) is 5.32 Å². The van der Waals surface area contributed by atoms with E-state index >= 15 is 0 Å². The first-order valence-electron chi connectivity index (χ1n) is 4.98.